The van der Waals surface area contributed by atoms with Crippen molar-refractivity contribution in [3.63, 3.8) is 0 Å². The Morgan fingerprint density at radius 3 is 2.70 bits per heavy atom. The lowest BCUT2D eigenvalue weighted by molar-refractivity contribution is 0.0734. The summed E-state index contributed by atoms with van der Waals surface area (Å²) < 4.78 is 5.28. The van der Waals surface area contributed by atoms with Gasteiger partial charge in [0.25, 0.3) is 11.8 Å². The fourth-order valence-electron chi connectivity index (χ4n) is 2.65. The first-order chi connectivity index (χ1) is 13.2. The molecule has 2 aromatic heterocycles. The fraction of sp³-hybridized carbons (Fsp3) is 0.250. The van der Waals surface area contributed by atoms with Crippen molar-refractivity contribution in [1.82, 2.24) is 15.4 Å². The lowest BCUT2D eigenvalue weighted by Crippen LogP contribution is -2.32. The van der Waals surface area contributed by atoms with E-state index in [9.17, 15) is 9.59 Å². The van der Waals surface area contributed by atoms with Crippen molar-refractivity contribution < 1.29 is 14.1 Å². The zero-order valence-corrected chi connectivity index (χ0v) is 15.9. The van der Waals surface area contributed by atoms with Crippen molar-refractivity contribution in [2.45, 2.75) is 19.9 Å². The van der Waals surface area contributed by atoms with Crippen LogP contribution in [0.4, 0.5) is 0 Å². The Morgan fingerprint density at radius 2 is 2.00 bits per heavy atom. The molecule has 27 heavy (non-hydrogen) atoms. The van der Waals surface area contributed by atoms with Gasteiger partial charge in [0, 0.05) is 19.2 Å². The molecule has 0 unspecified atom stereocenters. The summed E-state index contributed by atoms with van der Waals surface area (Å²) in [5.41, 5.74) is 1.38. The number of hydrogen-bond acceptors (Lipinski definition) is 5. The largest absolute Gasteiger partial charge is 0.359 e. The minimum atomic E-state index is -0.284. The smallest absolute Gasteiger partial charge is 0.273 e. The van der Waals surface area contributed by atoms with Crippen molar-refractivity contribution in [2.75, 3.05) is 13.1 Å². The Morgan fingerprint density at radius 1 is 1.19 bits per heavy atom. The van der Waals surface area contributed by atoms with Crippen molar-refractivity contribution in [2.24, 2.45) is 0 Å². The van der Waals surface area contributed by atoms with E-state index < -0.39 is 0 Å². The average molecular weight is 383 g/mol. The van der Waals surface area contributed by atoms with Gasteiger partial charge in [-0.2, -0.15) is 0 Å². The highest BCUT2D eigenvalue weighted by molar-refractivity contribution is 7.12. The number of aromatic nitrogens is 1. The van der Waals surface area contributed by atoms with Crippen LogP contribution in [0.1, 0.15) is 38.4 Å². The van der Waals surface area contributed by atoms with Crippen LogP contribution in [0.25, 0.3) is 0 Å². The molecule has 2 amide bonds. The van der Waals surface area contributed by atoms with Gasteiger partial charge in [-0.15, -0.1) is 11.3 Å². The van der Waals surface area contributed by atoms with E-state index in [1.807, 2.05) is 54.8 Å². The Hall–Kier alpha value is -2.93. The van der Waals surface area contributed by atoms with E-state index in [0.717, 1.165) is 12.0 Å². The SMILES string of the molecule is CCNC(=O)c1cc(CN(CCc2ccccc2)C(=O)c2cccs2)on1. The van der Waals surface area contributed by atoms with Crippen molar-refractivity contribution >= 4 is 23.2 Å². The monoisotopic (exact) mass is 383 g/mol. The van der Waals surface area contributed by atoms with Crippen LogP contribution in [0.2, 0.25) is 0 Å². The molecule has 3 rings (SSSR count). The van der Waals surface area contributed by atoms with Crippen LogP contribution in [0.5, 0.6) is 0 Å². The Bertz CT molecular complexity index is 875. The third-order valence-electron chi connectivity index (χ3n) is 4.01. The first-order valence-electron chi connectivity index (χ1n) is 8.78. The molecule has 0 saturated carbocycles. The number of nitrogens with one attached hydrogen (secondary N) is 1. The van der Waals surface area contributed by atoms with E-state index in [2.05, 4.69) is 10.5 Å². The summed E-state index contributed by atoms with van der Waals surface area (Å²) in [5, 5.41) is 8.36. The number of carbonyl (C=O) groups excluding carboxylic acids is 2. The molecule has 0 bridgehead atoms. The van der Waals surface area contributed by atoms with Crippen LogP contribution in [-0.4, -0.2) is 35.0 Å². The molecule has 0 aliphatic carbocycles. The zero-order valence-electron chi connectivity index (χ0n) is 15.1. The van der Waals surface area contributed by atoms with Gasteiger partial charge in [0.05, 0.1) is 11.4 Å². The lowest BCUT2D eigenvalue weighted by Gasteiger charge is -2.20. The summed E-state index contributed by atoms with van der Waals surface area (Å²) >= 11 is 1.41. The van der Waals surface area contributed by atoms with Gasteiger partial charge in [-0.05, 0) is 30.4 Å². The Kier molecular flexibility index (Phi) is 6.38. The fourth-order valence-corrected chi connectivity index (χ4v) is 3.34. The van der Waals surface area contributed by atoms with Crippen LogP contribution < -0.4 is 5.32 Å². The first kappa shape index (κ1) is 18.8. The normalized spacial score (nSPS) is 10.6. The van der Waals surface area contributed by atoms with E-state index in [1.165, 1.54) is 11.3 Å². The van der Waals surface area contributed by atoms with Gasteiger partial charge in [0.15, 0.2) is 11.5 Å². The quantitative estimate of drug-likeness (QED) is 0.647. The van der Waals surface area contributed by atoms with Crippen molar-refractivity contribution in [1.29, 1.82) is 0 Å². The number of thiophene rings is 1. The van der Waals surface area contributed by atoms with Crippen molar-refractivity contribution in [3.05, 3.63) is 75.8 Å². The predicted molar refractivity (Wildman–Crippen MR) is 104 cm³/mol. The first-order valence-corrected chi connectivity index (χ1v) is 9.66. The summed E-state index contributed by atoms with van der Waals surface area (Å²) in [5.74, 6) is 0.138. The predicted octanol–water partition coefficient (Wildman–Crippen LogP) is 3.37. The van der Waals surface area contributed by atoms with Gasteiger partial charge in [0.2, 0.25) is 0 Å². The van der Waals surface area contributed by atoms with E-state index in [0.29, 0.717) is 23.7 Å². The molecule has 0 aliphatic rings. The Labute approximate surface area is 161 Å². The minimum Gasteiger partial charge on any atom is -0.359 e. The number of amides is 2. The lowest BCUT2D eigenvalue weighted by atomic mass is 10.1. The number of rotatable bonds is 8. The van der Waals surface area contributed by atoms with Crippen LogP contribution in [0, 0.1) is 0 Å². The highest BCUT2D eigenvalue weighted by Gasteiger charge is 2.20. The summed E-state index contributed by atoms with van der Waals surface area (Å²) in [4.78, 5) is 27.1. The minimum absolute atomic E-state index is 0.0584. The highest BCUT2D eigenvalue weighted by Crippen LogP contribution is 2.16. The number of nitrogens with zero attached hydrogens (tertiary/aromatic N) is 2. The molecule has 0 radical (unpaired) electrons. The second-order valence-corrected chi connectivity index (χ2v) is 6.93. The van der Waals surface area contributed by atoms with Crippen LogP contribution in [-0.2, 0) is 13.0 Å². The molecule has 1 aromatic carbocycles. The summed E-state index contributed by atoms with van der Waals surface area (Å²) in [6, 6.07) is 15.3. The molecular weight excluding hydrogens is 362 g/mol. The molecule has 0 atom stereocenters. The molecule has 0 saturated heterocycles. The van der Waals surface area contributed by atoms with E-state index in [-0.39, 0.29) is 24.1 Å². The molecule has 6 nitrogen and oxygen atoms in total. The van der Waals surface area contributed by atoms with Crippen LogP contribution >= 0.6 is 11.3 Å². The average Bonchev–Trinajstić information content (AvgIpc) is 3.38. The van der Waals surface area contributed by atoms with Gasteiger partial charge in [-0.1, -0.05) is 41.6 Å². The number of hydrogen-bond donors (Lipinski definition) is 1. The van der Waals surface area contributed by atoms with Gasteiger partial charge in [0.1, 0.15) is 0 Å². The van der Waals surface area contributed by atoms with E-state index >= 15 is 0 Å². The molecule has 140 valence electrons. The van der Waals surface area contributed by atoms with Crippen LogP contribution in [0.3, 0.4) is 0 Å². The molecule has 0 fully saturated rings. The summed E-state index contributed by atoms with van der Waals surface area (Å²) in [6.45, 7) is 3.15. The Balaban J connectivity index is 1.73. The second-order valence-electron chi connectivity index (χ2n) is 5.98. The molecule has 2 heterocycles. The molecule has 1 N–H and O–H groups in total. The number of benzene rings is 1. The third kappa shape index (κ3) is 5.04. The van der Waals surface area contributed by atoms with Gasteiger partial charge in [-0.3, -0.25) is 9.59 Å². The standard InChI is InChI=1S/C20H21N3O3S/c1-2-21-19(24)17-13-16(26-22-17)14-23(20(25)18-9-6-12-27-18)11-10-15-7-4-3-5-8-15/h3-9,12-13H,2,10-11,14H2,1H3,(H,21,24). The maximum Gasteiger partial charge on any atom is 0.273 e. The molecular formula is C20H21N3O3S. The summed E-state index contributed by atoms with van der Waals surface area (Å²) in [7, 11) is 0. The maximum absolute atomic E-state index is 12.9. The maximum atomic E-state index is 12.9. The van der Waals surface area contributed by atoms with E-state index in [1.54, 1.807) is 11.0 Å². The van der Waals surface area contributed by atoms with E-state index in [4.69, 9.17) is 4.52 Å². The zero-order chi connectivity index (χ0) is 19.1. The second kappa shape index (κ2) is 9.14. The number of carbonyl (C=O) groups is 2. The molecule has 0 aliphatic heterocycles. The summed E-state index contributed by atoms with van der Waals surface area (Å²) in [6.07, 6.45) is 0.731. The highest BCUT2D eigenvalue weighted by atomic mass is 32.1. The van der Waals surface area contributed by atoms with Crippen LogP contribution in [0.15, 0.2) is 58.4 Å². The molecule has 3 aromatic rings. The van der Waals surface area contributed by atoms with Gasteiger partial charge < -0.3 is 14.7 Å². The van der Waals surface area contributed by atoms with Gasteiger partial charge >= 0.3 is 0 Å². The van der Waals surface area contributed by atoms with Gasteiger partial charge in [-0.25, -0.2) is 0 Å². The molecule has 0 spiro atoms. The molecule has 7 heteroatoms. The third-order valence-corrected chi connectivity index (χ3v) is 4.87. The topological polar surface area (TPSA) is 75.4 Å². The van der Waals surface area contributed by atoms with Crippen molar-refractivity contribution in [3.8, 4) is 0 Å².